The van der Waals surface area contributed by atoms with E-state index in [1.165, 1.54) is 0 Å². The van der Waals surface area contributed by atoms with E-state index in [4.69, 9.17) is 4.42 Å². The van der Waals surface area contributed by atoms with Gasteiger partial charge in [-0.05, 0) is 31.9 Å². The molecule has 1 fully saturated rings. The maximum absolute atomic E-state index is 12.4. The molecule has 2 aromatic heterocycles. The maximum atomic E-state index is 12.4. The molecular weight excluding hydrogens is 242 g/mol. The van der Waals surface area contributed by atoms with Gasteiger partial charge in [-0.25, -0.2) is 0 Å². The predicted molar refractivity (Wildman–Crippen MR) is 69.9 cm³/mol. The Morgan fingerprint density at radius 3 is 3.11 bits per heavy atom. The average molecular weight is 259 g/mol. The van der Waals surface area contributed by atoms with Crippen LogP contribution in [0.5, 0.6) is 0 Å². The molecule has 5 heteroatoms. The predicted octanol–water partition coefficient (Wildman–Crippen LogP) is 2.33. The highest BCUT2D eigenvalue weighted by Gasteiger charge is 2.27. The van der Waals surface area contributed by atoms with Crippen molar-refractivity contribution >= 4 is 5.91 Å². The van der Waals surface area contributed by atoms with Gasteiger partial charge in [-0.15, -0.1) is 0 Å². The van der Waals surface area contributed by atoms with Crippen LogP contribution in [0.25, 0.3) is 0 Å². The zero-order valence-corrected chi connectivity index (χ0v) is 10.9. The first kappa shape index (κ1) is 12.0. The molecule has 0 aliphatic carbocycles. The third-order valence-electron chi connectivity index (χ3n) is 3.76. The molecule has 0 radical (unpaired) electrons. The molecule has 100 valence electrons. The second-order valence-corrected chi connectivity index (χ2v) is 4.99. The molecule has 3 rings (SSSR count). The number of likely N-dealkylation sites (tertiary alicyclic amines) is 1. The summed E-state index contributed by atoms with van der Waals surface area (Å²) in [5.41, 5.74) is 1.78. The van der Waals surface area contributed by atoms with Crippen LogP contribution in [0, 0.1) is 6.92 Å². The van der Waals surface area contributed by atoms with E-state index in [9.17, 15) is 4.79 Å². The van der Waals surface area contributed by atoms with Crippen LogP contribution in [0.4, 0.5) is 0 Å². The summed E-state index contributed by atoms with van der Waals surface area (Å²) in [6.07, 6.45) is 5.44. The number of carbonyl (C=O) groups excluding carboxylic acids is 1. The van der Waals surface area contributed by atoms with Gasteiger partial charge in [0.25, 0.3) is 5.91 Å². The van der Waals surface area contributed by atoms with E-state index in [2.05, 4.69) is 10.2 Å². The van der Waals surface area contributed by atoms with Crippen LogP contribution in [-0.4, -0.2) is 34.1 Å². The lowest BCUT2D eigenvalue weighted by Crippen LogP contribution is -2.39. The summed E-state index contributed by atoms with van der Waals surface area (Å²) in [4.78, 5) is 14.3. The first-order valence-electron chi connectivity index (χ1n) is 6.58. The van der Waals surface area contributed by atoms with E-state index in [0.717, 1.165) is 31.6 Å². The summed E-state index contributed by atoms with van der Waals surface area (Å²) in [5, 5.41) is 6.99. The fraction of sp³-hybridized carbons (Fsp3) is 0.429. The van der Waals surface area contributed by atoms with Crippen molar-refractivity contribution in [2.45, 2.75) is 25.7 Å². The van der Waals surface area contributed by atoms with E-state index in [1.807, 2.05) is 17.9 Å². The van der Waals surface area contributed by atoms with E-state index in [1.54, 1.807) is 18.5 Å². The molecule has 1 saturated heterocycles. The Kier molecular flexibility index (Phi) is 3.11. The number of hydrogen-bond donors (Lipinski definition) is 1. The van der Waals surface area contributed by atoms with Crippen LogP contribution in [0.2, 0.25) is 0 Å². The summed E-state index contributed by atoms with van der Waals surface area (Å²) < 4.78 is 5.21. The number of nitrogens with one attached hydrogen (secondary N) is 1. The van der Waals surface area contributed by atoms with Crippen LogP contribution < -0.4 is 0 Å². The van der Waals surface area contributed by atoms with Crippen molar-refractivity contribution in [2.75, 3.05) is 13.1 Å². The largest absolute Gasteiger partial charge is 0.469 e. The molecule has 1 atom stereocenters. The molecule has 0 unspecified atom stereocenters. The molecule has 0 bridgehead atoms. The van der Waals surface area contributed by atoms with Gasteiger partial charge in [-0.1, -0.05) is 0 Å². The molecule has 0 aromatic carbocycles. The van der Waals surface area contributed by atoms with Crippen molar-refractivity contribution in [2.24, 2.45) is 0 Å². The molecule has 1 amide bonds. The number of hydrogen-bond acceptors (Lipinski definition) is 3. The summed E-state index contributed by atoms with van der Waals surface area (Å²) in [7, 11) is 0. The monoisotopic (exact) mass is 259 g/mol. The van der Waals surface area contributed by atoms with E-state index in [0.29, 0.717) is 17.2 Å². The van der Waals surface area contributed by atoms with Crippen LogP contribution in [0.15, 0.2) is 29.0 Å². The minimum Gasteiger partial charge on any atom is -0.469 e. The molecule has 1 aliphatic heterocycles. The summed E-state index contributed by atoms with van der Waals surface area (Å²) in [6, 6.07) is 3.74. The van der Waals surface area contributed by atoms with Crippen LogP contribution in [0.1, 0.15) is 40.6 Å². The second-order valence-electron chi connectivity index (χ2n) is 4.99. The standard InChI is InChI=1S/C14H17N3O2/c1-10-12(5-8-19-10)14(18)17-7-2-3-11(9-17)13-4-6-15-16-13/h4-6,8,11H,2-3,7,9H2,1H3,(H,15,16)/t11-/m1/s1. The first-order chi connectivity index (χ1) is 9.25. The number of H-pyrrole nitrogens is 1. The van der Waals surface area contributed by atoms with Gasteiger partial charge in [-0.2, -0.15) is 5.10 Å². The van der Waals surface area contributed by atoms with Gasteiger partial charge in [-0.3, -0.25) is 9.89 Å². The lowest BCUT2D eigenvalue weighted by Gasteiger charge is -2.32. The fourth-order valence-corrected chi connectivity index (χ4v) is 2.69. The Hall–Kier alpha value is -2.04. The number of nitrogens with zero attached hydrogens (tertiary/aromatic N) is 2. The minimum atomic E-state index is 0.0652. The van der Waals surface area contributed by atoms with Crippen molar-refractivity contribution in [1.29, 1.82) is 0 Å². The zero-order chi connectivity index (χ0) is 13.2. The number of aromatic amines is 1. The molecule has 3 heterocycles. The van der Waals surface area contributed by atoms with Gasteiger partial charge in [0.15, 0.2) is 0 Å². The van der Waals surface area contributed by atoms with E-state index >= 15 is 0 Å². The zero-order valence-electron chi connectivity index (χ0n) is 10.9. The Bertz CT molecular complexity index is 559. The van der Waals surface area contributed by atoms with Gasteiger partial charge in [0.2, 0.25) is 0 Å². The number of piperidine rings is 1. The Morgan fingerprint density at radius 2 is 2.42 bits per heavy atom. The van der Waals surface area contributed by atoms with Crippen molar-refractivity contribution in [3.8, 4) is 0 Å². The summed E-state index contributed by atoms with van der Waals surface area (Å²) in [5.74, 6) is 1.11. The quantitative estimate of drug-likeness (QED) is 0.900. The Labute approximate surface area is 111 Å². The van der Waals surface area contributed by atoms with Gasteiger partial charge < -0.3 is 9.32 Å². The topological polar surface area (TPSA) is 62.1 Å². The van der Waals surface area contributed by atoms with E-state index < -0.39 is 0 Å². The number of furan rings is 1. The molecule has 0 spiro atoms. The molecule has 0 saturated carbocycles. The normalized spacial score (nSPS) is 19.6. The highest BCUT2D eigenvalue weighted by Crippen LogP contribution is 2.26. The van der Waals surface area contributed by atoms with Crippen LogP contribution in [-0.2, 0) is 0 Å². The van der Waals surface area contributed by atoms with Crippen LogP contribution in [0.3, 0.4) is 0 Å². The Morgan fingerprint density at radius 1 is 1.53 bits per heavy atom. The summed E-state index contributed by atoms with van der Waals surface area (Å²) in [6.45, 7) is 3.38. The molecule has 1 aliphatic rings. The van der Waals surface area contributed by atoms with Crippen molar-refractivity contribution in [3.05, 3.63) is 41.6 Å². The molecule has 19 heavy (non-hydrogen) atoms. The van der Waals surface area contributed by atoms with Gasteiger partial charge >= 0.3 is 0 Å². The number of amides is 1. The summed E-state index contributed by atoms with van der Waals surface area (Å²) >= 11 is 0. The number of carbonyl (C=O) groups is 1. The highest BCUT2D eigenvalue weighted by molar-refractivity contribution is 5.95. The minimum absolute atomic E-state index is 0.0652. The van der Waals surface area contributed by atoms with Gasteiger partial charge in [0.05, 0.1) is 11.8 Å². The van der Waals surface area contributed by atoms with E-state index in [-0.39, 0.29) is 5.91 Å². The SMILES string of the molecule is Cc1occc1C(=O)N1CCC[C@@H](c2ccn[nH]2)C1. The van der Waals surface area contributed by atoms with Gasteiger partial charge in [0, 0.05) is 30.9 Å². The third-order valence-corrected chi connectivity index (χ3v) is 3.76. The first-order valence-corrected chi connectivity index (χ1v) is 6.58. The average Bonchev–Trinajstić information content (AvgIpc) is 3.09. The van der Waals surface area contributed by atoms with Crippen LogP contribution >= 0.6 is 0 Å². The lowest BCUT2D eigenvalue weighted by molar-refractivity contribution is 0.0704. The molecular formula is C14H17N3O2. The van der Waals surface area contributed by atoms with Crippen molar-refractivity contribution in [1.82, 2.24) is 15.1 Å². The third kappa shape index (κ3) is 2.28. The van der Waals surface area contributed by atoms with Gasteiger partial charge in [0.1, 0.15) is 5.76 Å². The van der Waals surface area contributed by atoms with Crippen molar-refractivity contribution in [3.63, 3.8) is 0 Å². The smallest absolute Gasteiger partial charge is 0.257 e. The van der Waals surface area contributed by atoms with Crippen molar-refractivity contribution < 1.29 is 9.21 Å². The number of rotatable bonds is 2. The molecule has 5 nitrogen and oxygen atoms in total. The lowest BCUT2D eigenvalue weighted by atomic mass is 9.94. The maximum Gasteiger partial charge on any atom is 0.257 e. The molecule has 1 N–H and O–H groups in total. The Balaban J connectivity index is 1.75. The fourth-order valence-electron chi connectivity index (χ4n) is 2.69. The number of aryl methyl sites for hydroxylation is 1. The highest BCUT2D eigenvalue weighted by atomic mass is 16.3. The second kappa shape index (κ2) is 4.91. The molecule has 2 aromatic rings. The number of aromatic nitrogens is 2.